The molecule has 20 heavy (non-hydrogen) atoms. The Hall–Kier alpha value is -0.200. The number of nitrogens with zero attached hydrogens (tertiary/aromatic N) is 2. The molecular formula is C14H25N3OS2. The third-order valence-electron chi connectivity index (χ3n) is 3.40. The van der Waals surface area contributed by atoms with Crippen molar-refractivity contribution in [3.63, 3.8) is 0 Å². The molecule has 1 aromatic heterocycles. The highest BCUT2D eigenvalue weighted by molar-refractivity contribution is 8.06. The van der Waals surface area contributed by atoms with Crippen LogP contribution in [0.5, 0.6) is 0 Å². The van der Waals surface area contributed by atoms with E-state index in [1.165, 1.54) is 11.5 Å². The van der Waals surface area contributed by atoms with E-state index in [-0.39, 0.29) is 6.04 Å². The van der Waals surface area contributed by atoms with Gasteiger partial charge in [0.05, 0.1) is 5.25 Å². The van der Waals surface area contributed by atoms with Crippen LogP contribution in [-0.4, -0.2) is 32.9 Å². The molecule has 2 heterocycles. The number of aromatic nitrogens is 2. The van der Waals surface area contributed by atoms with Gasteiger partial charge in [-0.3, -0.25) is 0 Å². The lowest BCUT2D eigenvalue weighted by atomic mass is 10.0. The van der Waals surface area contributed by atoms with Crippen LogP contribution in [0.3, 0.4) is 0 Å². The summed E-state index contributed by atoms with van der Waals surface area (Å²) in [5, 5.41) is 5.17. The lowest BCUT2D eigenvalue weighted by Crippen LogP contribution is -2.25. The van der Waals surface area contributed by atoms with Crippen LogP contribution in [0.1, 0.15) is 50.6 Å². The van der Waals surface area contributed by atoms with Crippen LogP contribution in [0.4, 0.5) is 0 Å². The molecule has 1 aliphatic rings. The molecule has 4 nitrogen and oxygen atoms in total. The third-order valence-corrected chi connectivity index (χ3v) is 6.64. The second kappa shape index (κ2) is 7.71. The van der Waals surface area contributed by atoms with Crippen molar-refractivity contribution in [2.24, 2.45) is 11.7 Å². The Labute approximate surface area is 130 Å². The van der Waals surface area contributed by atoms with Gasteiger partial charge in [0, 0.05) is 29.2 Å². The van der Waals surface area contributed by atoms with Gasteiger partial charge in [0.1, 0.15) is 0 Å². The topological polar surface area (TPSA) is 64.9 Å². The monoisotopic (exact) mass is 315 g/mol. The highest BCUT2D eigenvalue weighted by Crippen LogP contribution is 2.42. The lowest BCUT2D eigenvalue weighted by Gasteiger charge is -2.27. The van der Waals surface area contributed by atoms with Gasteiger partial charge in [-0.25, -0.2) is 0 Å². The second-order valence-electron chi connectivity index (χ2n) is 5.75. The molecule has 2 rings (SSSR count). The molecule has 6 heteroatoms. The van der Waals surface area contributed by atoms with Gasteiger partial charge in [0.2, 0.25) is 5.89 Å². The summed E-state index contributed by atoms with van der Waals surface area (Å²) in [6.07, 6.45) is 2.83. The normalized spacial score (nSPS) is 25.1. The highest BCUT2D eigenvalue weighted by atomic mass is 32.2. The predicted molar refractivity (Wildman–Crippen MR) is 87.2 cm³/mol. The third kappa shape index (κ3) is 4.40. The Morgan fingerprint density at radius 1 is 1.35 bits per heavy atom. The van der Waals surface area contributed by atoms with Gasteiger partial charge in [-0.2, -0.15) is 16.7 Å². The number of rotatable bonds is 6. The van der Waals surface area contributed by atoms with E-state index in [9.17, 15) is 0 Å². The molecule has 114 valence electrons. The molecule has 1 fully saturated rings. The molecule has 0 spiro atoms. The SMILES string of the molecule is CCC1SCCSC1c1noc(CC(N)CC(C)C)n1. The fourth-order valence-electron chi connectivity index (χ4n) is 2.52. The summed E-state index contributed by atoms with van der Waals surface area (Å²) in [5.41, 5.74) is 6.11. The lowest BCUT2D eigenvalue weighted by molar-refractivity contribution is 0.354. The van der Waals surface area contributed by atoms with Crippen LogP contribution in [0.25, 0.3) is 0 Å². The zero-order valence-electron chi connectivity index (χ0n) is 12.5. The van der Waals surface area contributed by atoms with Gasteiger partial charge in [-0.15, -0.1) is 11.8 Å². The van der Waals surface area contributed by atoms with Gasteiger partial charge >= 0.3 is 0 Å². The molecule has 1 aromatic rings. The summed E-state index contributed by atoms with van der Waals surface area (Å²) in [5.74, 6) is 4.55. The minimum Gasteiger partial charge on any atom is -0.339 e. The maximum absolute atomic E-state index is 6.11. The molecule has 3 atom stereocenters. The Morgan fingerprint density at radius 3 is 2.80 bits per heavy atom. The summed E-state index contributed by atoms with van der Waals surface area (Å²) < 4.78 is 5.40. The van der Waals surface area contributed by atoms with Crippen LogP contribution >= 0.6 is 23.5 Å². The molecule has 0 bridgehead atoms. The van der Waals surface area contributed by atoms with E-state index in [1.807, 2.05) is 23.5 Å². The van der Waals surface area contributed by atoms with Gasteiger partial charge in [0.15, 0.2) is 5.82 Å². The molecule has 0 aliphatic carbocycles. The largest absolute Gasteiger partial charge is 0.339 e. The summed E-state index contributed by atoms with van der Waals surface area (Å²) in [6, 6.07) is 0.110. The molecule has 0 saturated carbocycles. The summed E-state index contributed by atoms with van der Waals surface area (Å²) in [7, 11) is 0. The van der Waals surface area contributed by atoms with Crippen LogP contribution in [0, 0.1) is 5.92 Å². The fourth-order valence-corrected chi connectivity index (χ4v) is 5.50. The number of thioether (sulfide) groups is 2. The molecule has 0 radical (unpaired) electrons. The zero-order chi connectivity index (χ0) is 14.5. The molecule has 1 aliphatic heterocycles. The smallest absolute Gasteiger partial charge is 0.228 e. The van der Waals surface area contributed by atoms with E-state index in [1.54, 1.807) is 0 Å². The molecule has 1 saturated heterocycles. The van der Waals surface area contributed by atoms with Crippen molar-refractivity contribution in [1.82, 2.24) is 10.1 Å². The first kappa shape index (κ1) is 16.2. The average Bonchev–Trinajstić information content (AvgIpc) is 2.85. The van der Waals surface area contributed by atoms with Crippen LogP contribution in [0.2, 0.25) is 0 Å². The van der Waals surface area contributed by atoms with E-state index < -0.39 is 0 Å². The predicted octanol–water partition coefficient (Wildman–Crippen LogP) is 3.29. The van der Waals surface area contributed by atoms with Crippen LogP contribution < -0.4 is 5.73 Å². The molecule has 3 unspecified atom stereocenters. The van der Waals surface area contributed by atoms with Crippen molar-refractivity contribution >= 4 is 23.5 Å². The van der Waals surface area contributed by atoms with Crippen molar-refractivity contribution in [2.45, 2.75) is 56.6 Å². The average molecular weight is 316 g/mol. The van der Waals surface area contributed by atoms with Gasteiger partial charge in [-0.1, -0.05) is 25.9 Å². The van der Waals surface area contributed by atoms with E-state index in [0.717, 1.165) is 18.7 Å². The van der Waals surface area contributed by atoms with Gasteiger partial charge < -0.3 is 10.3 Å². The van der Waals surface area contributed by atoms with E-state index in [0.29, 0.717) is 28.7 Å². The summed E-state index contributed by atoms with van der Waals surface area (Å²) in [4.78, 5) is 4.59. The molecular weight excluding hydrogens is 290 g/mol. The fraction of sp³-hybridized carbons (Fsp3) is 0.857. The Balaban J connectivity index is 1.97. The van der Waals surface area contributed by atoms with Crippen molar-refractivity contribution in [3.05, 3.63) is 11.7 Å². The zero-order valence-corrected chi connectivity index (χ0v) is 14.2. The van der Waals surface area contributed by atoms with E-state index >= 15 is 0 Å². The van der Waals surface area contributed by atoms with Crippen molar-refractivity contribution in [1.29, 1.82) is 0 Å². The second-order valence-corrected chi connectivity index (χ2v) is 8.35. The Kier molecular flexibility index (Phi) is 6.23. The quantitative estimate of drug-likeness (QED) is 0.869. The van der Waals surface area contributed by atoms with Gasteiger partial charge in [-0.05, 0) is 18.8 Å². The molecule has 0 aromatic carbocycles. The number of nitrogens with two attached hydrogens (primary N) is 1. The molecule has 2 N–H and O–H groups in total. The summed E-state index contributed by atoms with van der Waals surface area (Å²) >= 11 is 3.99. The minimum absolute atomic E-state index is 0.110. The standard InChI is InChI=1S/C14H25N3OS2/c1-4-11-13(20-6-5-19-11)14-16-12(18-17-14)8-10(15)7-9(2)3/h9-11,13H,4-8,15H2,1-3H3. The highest BCUT2D eigenvalue weighted by Gasteiger charge is 2.30. The van der Waals surface area contributed by atoms with Crippen LogP contribution in [0.15, 0.2) is 4.52 Å². The Morgan fingerprint density at radius 2 is 2.10 bits per heavy atom. The molecule has 0 amide bonds. The van der Waals surface area contributed by atoms with Crippen molar-refractivity contribution in [2.75, 3.05) is 11.5 Å². The van der Waals surface area contributed by atoms with Crippen molar-refractivity contribution in [3.8, 4) is 0 Å². The van der Waals surface area contributed by atoms with E-state index in [2.05, 4.69) is 30.9 Å². The van der Waals surface area contributed by atoms with E-state index in [4.69, 9.17) is 10.3 Å². The maximum Gasteiger partial charge on any atom is 0.228 e. The Bertz CT molecular complexity index is 411. The minimum atomic E-state index is 0.110. The number of hydrogen-bond acceptors (Lipinski definition) is 6. The van der Waals surface area contributed by atoms with Crippen molar-refractivity contribution < 1.29 is 4.52 Å². The first-order valence-corrected chi connectivity index (χ1v) is 9.51. The number of hydrogen-bond donors (Lipinski definition) is 1. The van der Waals surface area contributed by atoms with Crippen LogP contribution in [-0.2, 0) is 6.42 Å². The van der Waals surface area contributed by atoms with Gasteiger partial charge in [0.25, 0.3) is 0 Å². The first-order chi connectivity index (χ1) is 9.60. The maximum atomic E-state index is 6.11. The summed E-state index contributed by atoms with van der Waals surface area (Å²) in [6.45, 7) is 6.60. The first-order valence-electron chi connectivity index (χ1n) is 7.41.